The lowest BCUT2D eigenvalue weighted by Crippen LogP contribution is -2.46. The van der Waals surface area contributed by atoms with E-state index in [9.17, 15) is 9.59 Å². The largest absolute Gasteiger partial charge is 0.342 e. The first kappa shape index (κ1) is 60.0. The van der Waals surface area contributed by atoms with Crippen LogP contribution >= 0.6 is 0 Å². The molecule has 1 fully saturated rings. The molecule has 1 heterocycles. The van der Waals surface area contributed by atoms with E-state index < -0.39 is 0 Å². The molecule has 0 unspecified atom stereocenters. The van der Waals surface area contributed by atoms with Crippen molar-refractivity contribution >= 4 is 11.7 Å². The Morgan fingerprint density at radius 2 is 0.619 bits per heavy atom. The number of piperidine rings is 1. The van der Waals surface area contributed by atoms with E-state index in [-0.39, 0.29) is 0 Å². The van der Waals surface area contributed by atoms with Gasteiger partial charge in [0.1, 0.15) is 5.78 Å². The molecule has 0 aromatic heterocycles. The molecule has 0 aliphatic carbocycles. The second kappa shape index (κ2) is 46.1. The molecule has 1 saturated heterocycles. The Balaban J connectivity index is 2.73. The van der Waals surface area contributed by atoms with E-state index in [1.165, 1.54) is 238 Å². The van der Waals surface area contributed by atoms with Crippen LogP contribution < -0.4 is 0 Å². The van der Waals surface area contributed by atoms with Crippen molar-refractivity contribution in [3.63, 3.8) is 0 Å². The van der Waals surface area contributed by atoms with Gasteiger partial charge in [-0.3, -0.25) is 19.4 Å². The predicted molar refractivity (Wildman–Crippen MR) is 278 cm³/mol. The second-order valence-corrected chi connectivity index (χ2v) is 20.6. The molecule has 63 heavy (non-hydrogen) atoms. The Hall–Kier alpha value is -0.980. The minimum absolute atomic E-state index is 0.323. The molecular weight excluding hydrogens is 773 g/mol. The monoisotopic (exact) mass is 887 g/mol. The first-order valence-electron chi connectivity index (χ1n) is 28.9. The van der Waals surface area contributed by atoms with E-state index in [0.29, 0.717) is 37.1 Å². The van der Waals surface area contributed by atoms with Crippen LogP contribution in [0.2, 0.25) is 0 Å². The molecule has 6 heteroatoms. The summed E-state index contributed by atoms with van der Waals surface area (Å²) < 4.78 is 0. The van der Waals surface area contributed by atoms with Gasteiger partial charge in [-0.15, -0.1) is 0 Å². The third-order valence-corrected chi connectivity index (χ3v) is 14.4. The van der Waals surface area contributed by atoms with Crippen molar-refractivity contribution in [2.45, 2.75) is 279 Å². The van der Waals surface area contributed by atoms with Gasteiger partial charge in [0.25, 0.3) is 0 Å². The maximum Gasteiger partial charge on any atom is 0.236 e. The van der Waals surface area contributed by atoms with Crippen LogP contribution in [-0.2, 0) is 9.59 Å². The Morgan fingerprint density at radius 1 is 0.349 bits per heavy atom. The molecular formula is C57H114N4O2. The van der Waals surface area contributed by atoms with Gasteiger partial charge in [0, 0.05) is 32.6 Å². The summed E-state index contributed by atoms with van der Waals surface area (Å²) in [6.45, 7) is 22.1. The van der Waals surface area contributed by atoms with Crippen molar-refractivity contribution in [2.75, 3.05) is 72.0 Å². The minimum atomic E-state index is 0.323. The van der Waals surface area contributed by atoms with E-state index in [2.05, 4.69) is 54.2 Å². The number of unbranched alkanes of at least 4 members (excludes halogenated alkanes) is 30. The Bertz CT molecular complexity index is 932. The van der Waals surface area contributed by atoms with E-state index >= 15 is 0 Å². The fourth-order valence-electron chi connectivity index (χ4n) is 9.93. The van der Waals surface area contributed by atoms with Crippen LogP contribution in [0.3, 0.4) is 0 Å². The molecule has 0 aromatic carbocycles. The van der Waals surface area contributed by atoms with Gasteiger partial charge in [-0.25, -0.2) is 0 Å². The number of rotatable bonds is 49. The highest BCUT2D eigenvalue weighted by Crippen LogP contribution is 2.22. The minimum Gasteiger partial charge on any atom is -0.342 e. The van der Waals surface area contributed by atoms with Gasteiger partial charge >= 0.3 is 0 Å². The SMILES string of the molecule is CCCCCCCCCN(CCCCCCCCC)CCN(CCCCCCCCC)CC(=O)N1CCC(CC(=O)CN(CCCCCCCCC)CCCCCCCCC)CC1. The third kappa shape index (κ3) is 37.8. The Kier molecular flexibility index (Phi) is 44.0. The van der Waals surface area contributed by atoms with Gasteiger partial charge in [-0.1, -0.05) is 227 Å². The fourth-order valence-corrected chi connectivity index (χ4v) is 9.93. The summed E-state index contributed by atoms with van der Waals surface area (Å²) in [5, 5.41) is 0. The van der Waals surface area contributed by atoms with Crippen LogP contribution in [0.5, 0.6) is 0 Å². The van der Waals surface area contributed by atoms with Crippen molar-refractivity contribution < 1.29 is 9.59 Å². The molecule has 0 aromatic rings. The third-order valence-electron chi connectivity index (χ3n) is 14.4. The first-order valence-corrected chi connectivity index (χ1v) is 28.9. The van der Waals surface area contributed by atoms with Crippen LogP contribution in [-0.4, -0.2) is 103 Å². The highest BCUT2D eigenvalue weighted by Gasteiger charge is 2.26. The molecule has 1 aliphatic heterocycles. The zero-order chi connectivity index (χ0) is 45.7. The van der Waals surface area contributed by atoms with Crippen molar-refractivity contribution in [2.24, 2.45) is 5.92 Å². The molecule has 0 atom stereocenters. The predicted octanol–water partition coefficient (Wildman–Crippen LogP) is 15.8. The zero-order valence-corrected chi connectivity index (χ0v) is 43.8. The first-order chi connectivity index (χ1) is 31.0. The Morgan fingerprint density at radius 3 is 0.952 bits per heavy atom. The number of carbonyl (C=O) groups excluding carboxylic acids is 2. The quantitative estimate of drug-likeness (QED) is 0.0570. The summed E-state index contributed by atoms with van der Waals surface area (Å²) in [7, 11) is 0. The van der Waals surface area contributed by atoms with E-state index in [4.69, 9.17) is 0 Å². The lowest BCUT2D eigenvalue weighted by atomic mass is 9.91. The molecule has 0 bridgehead atoms. The smallest absolute Gasteiger partial charge is 0.236 e. The maximum atomic E-state index is 14.0. The molecule has 1 rings (SSSR count). The van der Waals surface area contributed by atoms with Crippen LogP contribution in [0.15, 0.2) is 0 Å². The molecule has 0 radical (unpaired) electrons. The average molecular weight is 888 g/mol. The fraction of sp³-hybridized carbons (Fsp3) is 0.965. The molecule has 0 spiro atoms. The number of ketones is 1. The summed E-state index contributed by atoms with van der Waals surface area (Å²) in [5.74, 6) is 1.18. The molecule has 0 N–H and O–H groups in total. The standard InChI is InChI=1S/C57H114N4O2/c1-6-11-16-21-26-31-36-43-58(44-37-32-27-22-17-12-7-2)50-51-60(47-40-35-30-25-20-15-10-5)54-57(63)61-48-41-55(42-49-61)52-56(62)53-59(45-38-33-28-23-18-13-8-3)46-39-34-29-24-19-14-9-4/h55H,6-54H2,1-5H3. The van der Waals surface area contributed by atoms with E-state index in [0.717, 1.165) is 58.7 Å². The zero-order valence-electron chi connectivity index (χ0n) is 43.8. The van der Waals surface area contributed by atoms with Crippen molar-refractivity contribution in [1.82, 2.24) is 19.6 Å². The lowest BCUT2D eigenvalue weighted by molar-refractivity contribution is -0.134. The summed E-state index contributed by atoms with van der Waals surface area (Å²) in [6, 6.07) is 0. The van der Waals surface area contributed by atoms with Gasteiger partial charge in [0.05, 0.1) is 13.1 Å². The molecule has 1 amide bonds. The van der Waals surface area contributed by atoms with Crippen molar-refractivity contribution in [3.05, 3.63) is 0 Å². The lowest BCUT2D eigenvalue weighted by Gasteiger charge is -2.34. The molecule has 374 valence electrons. The molecule has 1 aliphatic rings. The van der Waals surface area contributed by atoms with E-state index in [1.54, 1.807) is 0 Å². The summed E-state index contributed by atoms with van der Waals surface area (Å²) in [4.78, 5) is 37.5. The van der Waals surface area contributed by atoms with E-state index in [1.807, 2.05) is 0 Å². The van der Waals surface area contributed by atoms with Gasteiger partial charge in [0.2, 0.25) is 5.91 Å². The highest BCUT2D eigenvalue weighted by atomic mass is 16.2. The summed E-state index contributed by atoms with van der Waals surface area (Å²) >= 11 is 0. The maximum absolute atomic E-state index is 14.0. The Labute approximate surface area is 396 Å². The van der Waals surface area contributed by atoms with Gasteiger partial charge in [0.15, 0.2) is 0 Å². The highest BCUT2D eigenvalue weighted by molar-refractivity contribution is 5.81. The number of hydrogen-bond donors (Lipinski definition) is 0. The molecule has 0 saturated carbocycles. The average Bonchev–Trinajstić information content (AvgIpc) is 3.28. The number of nitrogens with zero attached hydrogens (tertiary/aromatic N) is 4. The second-order valence-electron chi connectivity index (χ2n) is 20.6. The van der Waals surface area contributed by atoms with Crippen LogP contribution in [0.1, 0.15) is 279 Å². The number of carbonyl (C=O) groups is 2. The summed E-state index contributed by atoms with van der Waals surface area (Å²) in [5.41, 5.74) is 0. The number of hydrogen-bond acceptors (Lipinski definition) is 5. The van der Waals surface area contributed by atoms with Crippen molar-refractivity contribution in [3.8, 4) is 0 Å². The van der Waals surface area contributed by atoms with Crippen LogP contribution in [0, 0.1) is 5.92 Å². The number of amides is 1. The summed E-state index contributed by atoms with van der Waals surface area (Å²) in [6.07, 6.45) is 49.5. The van der Waals surface area contributed by atoms with Gasteiger partial charge < -0.3 is 9.80 Å². The van der Waals surface area contributed by atoms with Gasteiger partial charge in [-0.05, 0) is 83.6 Å². The van der Waals surface area contributed by atoms with Crippen molar-refractivity contribution in [1.29, 1.82) is 0 Å². The normalized spacial score (nSPS) is 13.7. The van der Waals surface area contributed by atoms with Crippen LogP contribution in [0.25, 0.3) is 0 Å². The molecule has 6 nitrogen and oxygen atoms in total. The van der Waals surface area contributed by atoms with Gasteiger partial charge in [-0.2, -0.15) is 0 Å². The van der Waals surface area contributed by atoms with Crippen LogP contribution in [0.4, 0.5) is 0 Å². The number of likely N-dealkylation sites (tertiary alicyclic amines) is 1. The topological polar surface area (TPSA) is 47.1 Å². The number of Topliss-reactive ketones (excluding diaryl/α,β-unsaturated/α-hetero) is 1.